The van der Waals surface area contributed by atoms with Gasteiger partial charge in [0.2, 0.25) is 0 Å². The van der Waals surface area contributed by atoms with Crippen LogP contribution in [0.1, 0.15) is 15.9 Å². The van der Waals surface area contributed by atoms with Crippen molar-refractivity contribution >= 4 is 17.5 Å². The van der Waals surface area contributed by atoms with Crippen LogP contribution >= 0.6 is 11.6 Å². The first kappa shape index (κ1) is 15.0. The third kappa shape index (κ3) is 3.64. The van der Waals surface area contributed by atoms with Gasteiger partial charge in [0.05, 0.1) is 26.2 Å². The number of benzene rings is 1. The lowest BCUT2D eigenvalue weighted by molar-refractivity contribution is -0.917. The first-order valence-electron chi connectivity index (χ1n) is 7.50. The molecule has 0 spiro atoms. The van der Waals surface area contributed by atoms with Crippen LogP contribution in [0.3, 0.4) is 0 Å². The Hall–Kier alpha value is -1.91. The Balaban J connectivity index is 1.56. The van der Waals surface area contributed by atoms with Gasteiger partial charge in [-0.05, 0) is 24.3 Å². The van der Waals surface area contributed by atoms with Crippen molar-refractivity contribution in [2.75, 3.05) is 26.2 Å². The molecule has 1 aromatic heterocycles. The van der Waals surface area contributed by atoms with E-state index in [2.05, 4.69) is 11.1 Å². The number of halogens is 1. The Morgan fingerprint density at radius 1 is 1.23 bits per heavy atom. The first-order valence-corrected chi connectivity index (χ1v) is 7.87. The molecule has 3 rings (SSSR count). The number of amides is 1. The minimum atomic E-state index is 0.0722. The lowest BCUT2D eigenvalue weighted by atomic mass is 10.1. The van der Waals surface area contributed by atoms with Crippen molar-refractivity contribution in [3.05, 3.63) is 64.9 Å². The topological polar surface area (TPSA) is 37.6 Å². The van der Waals surface area contributed by atoms with Crippen molar-refractivity contribution in [3.63, 3.8) is 0 Å². The summed E-state index contributed by atoms with van der Waals surface area (Å²) in [5, 5.41) is 0.603. The lowest BCUT2D eigenvalue weighted by Gasteiger charge is -2.32. The van der Waals surface area contributed by atoms with E-state index in [1.54, 1.807) is 18.3 Å². The second kappa shape index (κ2) is 6.90. The van der Waals surface area contributed by atoms with Crippen molar-refractivity contribution in [1.29, 1.82) is 0 Å². The van der Waals surface area contributed by atoms with Gasteiger partial charge in [-0.15, -0.1) is 0 Å². The molecule has 1 aliphatic heterocycles. The Labute approximate surface area is 135 Å². The molecule has 22 heavy (non-hydrogen) atoms. The van der Waals surface area contributed by atoms with Gasteiger partial charge in [0, 0.05) is 28.5 Å². The highest BCUT2D eigenvalue weighted by atomic mass is 35.5. The predicted octanol–water partition coefficient (Wildman–Crippen LogP) is 1.28. The van der Waals surface area contributed by atoms with Crippen LogP contribution in [-0.2, 0) is 6.54 Å². The van der Waals surface area contributed by atoms with Crippen LogP contribution in [0.5, 0.6) is 0 Å². The average Bonchev–Trinajstić information content (AvgIpc) is 2.56. The summed E-state index contributed by atoms with van der Waals surface area (Å²) in [6.07, 6.45) is 3.71. The van der Waals surface area contributed by atoms with Gasteiger partial charge >= 0.3 is 0 Å². The van der Waals surface area contributed by atoms with Crippen molar-refractivity contribution < 1.29 is 9.69 Å². The predicted molar refractivity (Wildman–Crippen MR) is 86.0 cm³/mol. The van der Waals surface area contributed by atoms with Crippen LogP contribution in [0.15, 0.2) is 48.8 Å². The lowest BCUT2D eigenvalue weighted by Crippen LogP contribution is -3.13. The molecule has 1 N–H and O–H groups in total. The molecule has 1 aromatic carbocycles. The largest absolute Gasteiger partial charge is 0.328 e. The molecule has 0 aliphatic carbocycles. The van der Waals surface area contributed by atoms with E-state index in [-0.39, 0.29) is 5.91 Å². The van der Waals surface area contributed by atoms with E-state index in [4.69, 9.17) is 11.6 Å². The smallest absolute Gasteiger partial charge is 0.254 e. The van der Waals surface area contributed by atoms with Crippen LogP contribution in [0.25, 0.3) is 0 Å². The third-order valence-electron chi connectivity index (χ3n) is 4.01. The molecular weight excluding hydrogens is 298 g/mol. The van der Waals surface area contributed by atoms with Gasteiger partial charge in [-0.1, -0.05) is 23.7 Å². The molecule has 5 heteroatoms. The van der Waals surface area contributed by atoms with E-state index in [1.807, 2.05) is 29.3 Å². The number of nitrogens with zero attached hydrogens (tertiary/aromatic N) is 2. The number of carbonyl (C=O) groups is 1. The molecule has 1 aliphatic rings. The van der Waals surface area contributed by atoms with E-state index in [1.165, 1.54) is 10.5 Å². The van der Waals surface area contributed by atoms with E-state index in [9.17, 15) is 4.79 Å². The fourth-order valence-corrected chi connectivity index (χ4v) is 2.99. The van der Waals surface area contributed by atoms with E-state index in [0.717, 1.165) is 32.7 Å². The van der Waals surface area contributed by atoms with Crippen LogP contribution in [0, 0.1) is 0 Å². The summed E-state index contributed by atoms with van der Waals surface area (Å²) in [7, 11) is 0. The fourth-order valence-electron chi connectivity index (χ4n) is 2.80. The number of rotatable bonds is 3. The van der Waals surface area contributed by atoms with Crippen LogP contribution < -0.4 is 4.90 Å². The summed E-state index contributed by atoms with van der Waals surface area (Å²) in [6.45, 7) is 4.44. The number of pyridine rings is 1. The van der Waals surface area contributed by atoms with Crippen molar-refractivity contribution in [2.45, 2.75) is 6.54 Å². The SMILES string of the molecule is O=C(c1cccc(Cl)c1)N1CC[NH+](Cc2cccnc2)CC1. The maximum atomic E-state index is 12.5. The number of quaternary nitrogens is 1. The van der Waals surface area contributed by atoms with Gasteiger partial charge in [-0.2, -0.15) is 0 Å². The van der Waals surface area contributed by atoms with Gasteiger partial charge < -0.3 is 9.80 Å². The average molecular weight is 317 g/mol. The maximum Gasteiger partial charge on any atom is 0.254 e. The van der Waals surface area contributed by atoms with E-state index >= 15 is 0 Å². The van der Waals surface area contributed by atoms with Gasteiger partial charge in [-0.25, -0.2) is 0 Å². The second-order valence-corrected chi connectivity index (χ2v) is 6.03. The van der Waals surface area contributed by atoms with Gasteiger partial charge in [0.25, 0.3) is 5.91 Å². The Bertz CT molecular complexity index is 639. The highest BCUT2D eigenvalue weighted by Crippen LogP contribution is 2.12. The van der Waals surface area contributed by atoms with Gasteiger partial charge in [-0.3, -0.25) is 9.78 Å². The van der Waals surface area contributed by atoms with E-state index < -0.39 is 0 Å². The minimum Gasteiger partial charge on any atom is -0.328 e. The molecule has 1 saturated heterocycles. The zero-order valence-electron chi connectivity index (χ0n) is 12.3. The standard InChI is InChI=1S/C17H18ClN3O/c18-16-5-1-4-15(11-16)17(22)21-9-7-20(8-10-21)13-14-3-2-6-19-12-14/h1-6,11-12H,7-10,13H2/p+1. The molecule has 0 saturated carbocycles. The van der Waals surface area contributed by atoms with Crippen LogP contribution in [-0.4, -0.2) is 42.0 Å². The minimum absolute atomic E-state index is 0.0722. The normalized spacial score (nSPS) is 15.8. The Kier molecular flexibility index (Phi) is 4.71. The molecule has 1 fully saturated rings. The summed E-state index contributed by atoms with van der Waals surface area (Å²) in [5.41, 5.74) is 1.91. The zero-order chi connectivity index (χ0) is 15.4. The number of piperazine rings is 1. The van der Waals surface area contributed by atoms with Gasteiger partial charge in [0.15, 0.2) is 0 Å². The summed E-state index contributed by atoms with van der Waals surface area (Å²) >= 11 is 5.96. The summed E-state index contributed by atoms with van der Waals surface area (Å²) in [6, 6.07) is 11.2. The van der Waals surface area contributed by atoms with Crippen molar-refractivity contribution in [2.24, 2.45) is 0 Å². The van der Waals surface area contributed by atoms with Crippen LogP contribution in [0.4, 0.5) is 0 Å². The van der Waals surface area contributed by atoms with E-state index in [0.29, 0.717) is 10.6 Å². The summed E-state index contributed by atoms with van der Waals surface area (Å²) < 4.78 is 0. The summed E-state index contributed by atoms with van der Waals surface area (Å²) in [4.78, 5) is 20.0. The molecule has 0 unspecified atom stereocenters. The number of hydrogen-bond donors (Lipinski definition) is 1. The molecule has 0 radical (unpaired) electrons. The Morgan fingerprint density at radius 3 is 2.73 bits per heavy atom. The molecule has 1 amide bonds. The molecular formula is C17H19ClN3O+. The number of carbonyl (C=O) groups excluding carboxylic acids is 1. The second-order valence-electron chi connectivity index (χ2n) is 5.59. The zero-order valence-corrected chi connectivity index (χ0v) is 13.1. The number of aromatic nitrogens is 1. The molecule has 4 nitrogen and oxygen atoms in total. The molecule has 114 valence electrons. The quantitative estimate of drug-likeness (QED) is 0.926. The maximum absolute atomic E-state index is 12.5. The highest BCUT2D eigenvalue weighted by molar-refractivity contribution is 6.30. The summed E-state index contributed by atoms with van der Waals surface area (Å²) in [5.74, 6) is 0.0722. The number of hydrogen-bond acceptors (Lipinski definition) is 2. The Morgan fingerprint density at radius 2 is 2.05 bits per heavy atom. The first-order chi connectivity index (χ1) is 10.7. The monoisotopic (exact) mass is 316 g/mol. The molecule has 2 heterocycles. The van der Waals surface area contributed by atoms with Crippen molar-refractivity contribution in [1.82, 2.24) is 9.88 Å². The molecule has 0 atom stereocenters. The third-order valence-corrected chi connectivity index (χ3v) is 4.24. The van der Waals surface area contributed by atoms with Crippen molar-refractivity contribution in [3.8, 4) is 0 Å². The highest BCUT2D eigenvalue weighted by Gasteiger charge is 2.24. The molecule has 0 bridgehead atoms. The molecule has 2 aromatic rings. The van der Waals surface area contributed by atoms with Gasteiger partial charge in [0.1, 0.15) is 6.54 Å². The fraction of sp³-hybridized carbons (Fsp3) is 0.294. The van der Waals surface area contributed by atoms with Crippen LogP contribution in [0.2, 0.25) is 5.02 Å². The number of nitrogens with one attached hydrogen (secondary N) is 1.